The summed E-state index contributed by atoms with van der Waals surface area (Å²) in [7, 11) is -8.75. The van der Waals surface area contributed by atoms with Gasteiger partial charge in [0.1, 0.15) is 10.6 Å². The van der Waals surface area contributed by atoms with Gasteiger partial charge in [-0.2, -0.15) is 16.8 Å². The minimum atomic E-state index is -4.48. The van der Waals surface area contributed by atoms with Crippen LogP contribution in [0.5, 0.6) is 5.75 Å². The third-order valence-corrected chi connectivity index (χ3v) is 13.5. The Labute approximate surface area is 271 Å². The summed E-state index contributed by atoms with van der Waals surface area (Å²) in [4.78, 5) is 0.298. The topological polar surface area (TPSA) is 97.7 Å². The maximum atomic E-state index is 15.0. The Hall–Kier alpha value is -1.90. The van der Waals surface area contributed by atoms with Crippen LogP contribution in [0.2, 0.25) is 0 Å². The van der Waals surface area contributed by atoms with Crippen LogP contribution in [0.25, 0.3) is 0 Å². The summed E-state index contributed by atoms with van der Waals surface area (Å²) in [6.45, 7) is 3.83. The standard InChI is InChI=1S/C37H52O6S2/c1-25(2)32-24-35(44(38,39)40)30-20-12-13-21-31(30)36(32)43-45(41,42)37-33(27-16-8-4-9-17-27)22-29(26-14-6-3-7-15-26)23-34(37)28-18-10-5-11-19-28/h22-28H,3-21H2,1-2H3,(H,38,39,40). The van der Waals surface area contributed by atoms with Gasteiger partial charge in [0.2, 0.25) is 0 Å². The number of rotatable bonds is 8. The molecule has 3 saturated carbocycles. The number of hydrogen-bond donors (Lipinski definition) is 1. The highest BCUT2D eigenvalue weighted by Crippen LogP contribution is 2.48. The van der Waals surface area contributed by atoms with E-state index >= 15 is 0 Å². The van der Waals surface area contributed by atoms with Gasteiger partial charge in [-0.25, -0.2) is 0 Å². The van der Waals surface area contributed by atoms with Gasteiger partial charge in [0.05, 0.1) is 4.90 Å². The summed E-state index contributed by atoms with van der Waals surface area (Å²) in [6, 6.07) is 5.98. The van der Waals surface area contributed by atoms with E-state index in [4.69, 9.17) is 4.18 Å². The fourth-order valence-electron chi connectivity index (χ4n) is 8.90. The molecule has 248 valence electrons. The van der Waals surface area contributed by atoms with Crippen molar-refractivity contribution in [2.24, 2.45) is 0 Å². The Balaban J connectivity index is 1.55. The Morgan fingerprint density at radius 2 is 1.11 bits per heavy atom. The molecule has 2 aromatic rings. The van der Waals surface area contributed by atoms with Crippen molar-refractivity contribution in [3.63, 3.8) is 0 Å². The molecule has 0 amide bonds. The first kappa shape index (κ1) is 33.0. The number of benzene rings is 2. The lowest BCUT2D eigenvalue weighted by Gasteiger charge is -2.32. The first-order valence-corrected chi connectivity index (χ1v) is 20.7. The minimum absolute atomic E-state index is 0.103. The van der Waals surface area contributed by atoms with Crippen molar-refractivity contribution in [3.05, 3.63) is 51.6 Å². The highest BCUT2D eigenvalue weighted by Gasteiger charge is 2.37. The largest absolute Gasteiger partial charge is 0.378 e. The zero-order valence-electron chi connectivity index (χ0n) is 27.3. The van der Waals surface area contributed by atoms with E-state index in [-0.39, 0.29) is 28.4 Å². The third kappa shape index (κ3) is 7.03. The molecule has 4 aliphatic carbocycles. The second kappa shape index (κ2) is 13.7. The molecule has 0 spiro atoms. The molecule has 6 nitrogen and oxygen atoms in total. The van der Waals surface area contributed by atoms with E-state index in [0.29, 0.717) is 40.3 Å². The van der Waals surface area contributed by atoms with Crippen LogP contribution in [-0.2, 0) is 33.1 Å². The van der Waals surface area contributed by atoms with Crippen molar-refractivity contribution >= 4 is 20.2 Å². The monoisotopic (exact) mass is 656 g/mol. The lowest BCUT2D eigenvalue weighted by atomic mass is 9.76. The molecule has 8 heteroatoms. The zero-order chi connectivity index (χ0) is 31.8. The van der Waals surface area contributed by atoms with E-state index in [1.807, 2.05) is 13.8 Å². The molecule has 45 heavy (non-hydrogen) atoms. The summed E-state index contributed by atoms with van der Waals surface area (Å²) in [6.07, 6.45) is 19.5. The molecular formula is C37H52O6S2. The number of fused-ring (bicyclic) bond motifs is 1. The van der Waals surface area contributed by atoms with Crippen molar-refractivity contribution in [1.82, 2.24) is 0 Å². The van der Waals surface area contributed by atoms with E-state index in [0.717, 1.165) is 75.3 Å². The number of hydrogen-bond acceptors (Lipinski definition) is 5. The fourth-order valence-corrected chi connectivity index (χ4v) is 11.2. The molecule has 6 rings (SSSR count). The van der Waals surface area contributed by atoms with Crippen LogP contribution < -0.4 is 4.18 Å². The zero-order valence-corrected chi connectivity index (χ0v) is 28.9. The quantitative estimate of drug-likeness (QED) is 0.224. The second-order valence-electron chi connectivity index (χ2n) is 14.7. The van der Waals surface area contributed by atoms with Gasteiger partial charge in [-0.1, -0.05) is 83.8 Å². The highest BCUT2D eigenvalue weighted by atomic mass is 32.2. The Morgan fingerprint density at radius 1 is 0.644 bits per heavy atom. The Bertz CT molecular complexity index is 1550. The lowest BCUT2D eigenvalue weighted by Crippen LogP contribution is -2.23. The van der Waals surface area contributed by atoms with E-state index in [2.05, 4.69) is 12.1 Å². The van der Waals surface area contributed by atoms with Gasteiger partial charge in [0.15, 0.2) is 0 Å². The molecule has 0 heterocycles. The molecule has 4 aliphatic rings. The summed E-state index contributed by atoms with van der Waals surface area (Å²) < 4.78 is 71.5. The van der Waals surface area contributed by atoms with Crippen LogP contribution >= 0.6 is 0 Å². The van der Waals surface area contributed by atoms with Gasteiger partial charge in [-0.3, -0.25) is 4.55 Å². The molecule has 0 saturated heterocycles. The first-order valence-electron chi connectivity index (χ1n) is 17.8. The van der Waals surface area contributed by atoms with Gasteiger partial charge < -0.3 is 4.18 Å². The summed E-state index contributed by atoms with van der Waals surface area (Å²) in [5, 5.41) is 0. The summed E-state index contributed by atoms with van der Waals surface area (Å²) >= 11 is 0. The predicted molar refractivity (Wildman–Crippen MR) is 179 cm³/mol. The summed E-state index contributed by atoms with van der Waals surface area (Å²) in [5.74, 6) is 0.949. The fraction of sp³-hybridized carbons (Fsp3) is 0.676. The Kier molecular flexibility index (Phi) is 10.0. The molecule has 0 bridgehead atoms. The second-order valence-corrected chi connectivity index (χ2v) is 17.5. The normalized spacial score (nSPS) is 21.2. The van der Waals surface area contributed by atoms with Crippen LogP contribution in [0.3, 0.4) is 0 Å². The van der Waals surface area contributed by atoms with Crippen molar-refractivity contribution in [2.45, 2.75) is 169 Å². The van der Waals surface area contributed by atoms with E-state index in [9.17, 15) is 21.4 Å². The maximum absolute atomic E-state index is 15.0. The third-order valence-electron chi connectivity index (χ3n) is 11.3. The molecular weight excluding hydrogens is 605 g/mol. The Morgan fingerprint density at radius 3 is 1.58 bits per heavy atom. The van der Waals surface area contributed by atoms with E-state index in [1.165, 1.54) is 56.6 Å². The SMILES string of the molecule is CC(C)c1cc(S(=O)(=O)O)c2c(c1OS(=O)(=O)c1c(C3CCCCC3)cc(C3CCCCC3)cc1C1CCCCC1)CCCC2. The van der Waals surface area contributed by atoms with Gasteiger partial charge in [0.25, 0.3) is 10.1 Å². The van der Waals surface area contributed by atoms with Crippen LogP contribution in [0.15, 0.2) is 28.0 Å². The minimum Gasteiger partial charge on any atom is -0.378 e. The van der Waals surface area contributed by atoms with Crippen LogP contribution in [-0.4, -0.2) is 21.4 Å². The molecule has 3 fully saturated rings. The van der Waals surface area contributed by atoms with Gasteiger partial charge >= 0.3 is 10.1 Å². The first-order chi connectivity index (χ1) is 21.5. The summed E-state index contributed by atoms with van der Waals surface area (Å²) in [5.41, 5.74) is 4.91. The van der Waals surface area contributed by atoms with E-state index < -0.39 is 20.2 Å². The average Bonchev–Trinajstić information content (AvgIpc) is 3.04. The van der Waals surface area contributed by atoms with Crippen LogP contribution in [0.4, 0.5) is 0 Å². The molecule has 1 N–H and O–H groups in total. The van der Waals surface area contributed by atoms with Crippen molar-refractivity contribution < 1.29 is 25.6 Å². The van der Waals surface area contributed by atoms with Crippen molar-refractivity contribution in [2.75, 3.05) is 0 Å². The van der Waals surface area contributed by atoms with Crippen molar-refractivity contribution in [3.8, 4) is 5.75 Å². The predicted octanol–water partition coefficient (Wildman–Crippen LogP) is 9.85. The molecule has 0 unspecified atom stereocenters. The van der Waals surface area contributed by atoms with E-state index in [1.54, 1.807) is 0 Å². The molecule has 2 aromatic carbocycles. The smallest absolute Gasteiger partial charge is 0.339 e. The van der Waals surface area contributed by atoms with Crippen molar-refractivity contribution in [1.29, 1.82) is 0 Å². The molecule has 0 atom stereocenters. The molecule has 0 aromatic heterocycles. The van der Waals surface area contributed by atoms with Gasteiger partial charge in [0, 0.05) is 11.1 Å². The van der Waals surface area contributed by atoms with Crippen LogP contribution in [0.1, 0.15) is 180 Å². The highest BCUT2D eigenvalue weighted by molar-refractivity contribution is 7.87. The van der Waals surface area contributed by atoms with Gasteiger partial charge in [-0.15, -0.1) is 0 Å². The molecule has 0 aliphatic heterocycles. The van der Waals surface area contributed by atoms with Crippen LogP contribution in [0, 0.1) is 0 Å². The van der Waals surface area contributed by atoms with Gasteiger partial charge in [-0.05, 0) is 116 Å². The average molecular weight is 657 g/mol. The lowest BCUT2D eigenvalue weighted by molar-refractivity contribution is 0.413. The maximum Gasteiger partial charge on any atom is 0.339 e. The molecule has 0 radical (unpaired) electrons.